The van der Waals surface area contributed by atoms with Gasteiger partial charge in [-0.3, -0.25) is 4.79 Å². The summed E-state index contributed by atoms with van der Waals surface area (Å²) >= 11 is 5.90. The Labute approximate surface area is 177 Å². The maximum Gasteiger partial charge on any atom is 0.417 e. The van der Waals surface area contributed by atoms with E-state index in [1.54, 1.807) is 20.8 Å². The number of hydrogen-bond acceptors (Lipinski definition) is 5. The second-order valence-electron chi connectivity index (χ2n) is 7.43. The fraction of sp³-hybridized carbons (Fsp3) is 0.526. The Hall–Kier alpha value is -2.49. The predicted molar refractivity (Wildman–Crippen MR) is 103 cm³/mol. The van der Waals surface area contributed by atoms with Crippen LogP contribution in [0.25, 0.3) is 0 Å². The van der Waals surface area contributed by atoms with Crippen molar-refractivity contribution >= 4 is 29.6 Å². The fourth-order valence-corrected chi connectivity index (χ4v) is 2.69. The van der Waals surface area contributed by atoms with Crippen molar-refractivity contribution in [1.82, 2.24) is 10.2 Å². The van der Waals surface area contributed by atoms with Crippen LogP contribution in [0.5, 0.6) is 0 Å². The van der Waals surface area contributed by atoms with Crippen LogP contribution in [0.4, 0.5) is 18.0 Å². The zero-order chi connectivity index (χ0) is 23.3. The van der Waals surface area contributed by atoms with Gasteiger partial charge in [-0.25, -0.2) is 9.59 Å². The Kier molecular flexibility index (Phi) is 8.53. The molecule has 0 spiro atoms. The average Bonchev–Trinajstić information content (AvgIpc) is 2.61. The van der Waals surface area contributed by atoms with Gasteiger partial charge in [-0.15, -0.1) is 0 Å². The molecule has 0 saturated carbocycles. The van der Waals surface area contributed by atoms with E-state index in [2.05, 4.69) is 10.1 Å². The summed E-state index contributed by atoms with van der Waals surface area (Å²) in [6, 6.07) is 2.47. The van der Waals surface area contributed by atoms with Crippen molar-refractivity contribution in [1.29, 1.82) is 0 Å². The molecule has 0 aliphatic carbocycles. The summed E-state index contributed by atoms with van der Waals surface area (Å²) in [6.45, 7) is 5.96. The Morgan fingerprint density at radius 3 is 2.30 bits per heavy atom. The molecule has 1 atom stereocenters. The van der Waals surface area contributed by atoms with Crippen LogP contribution < -0.4 is 5.32 Å². The van der Waals surface area contributed by atoms with E-state index in [-0.39, 0.29) is 12.1 Å². The zero-order valence-electron chi connectivity index (χ0n) is 17.2. The van der Waals surface area contributed by atoms with E-state index in [9.17, 15) is 27.6 Å². The molecule has 0 fully saturated rings. The number of alkyl halides is 3. The van der Waals surface area contributed by atoms with Gasteiger partial charge < -0.3 is 19.7 Å². The average molecular weight is 453 g/mol. The van der Waals surface area contributed by atoms with Gasteiger partial charge in [0.25, 0.3) is 0 Å². The molecule has 30 heavy (non-hydrogen) atoms. The monoisotopic (exact) mass is 452 g/mol. The lowest BCUT2D eigenvalue weighted by Crippen LogP contribution is -2.48. The molecule has 11 heteroatoms. The fourth-order valence-electron chi connectivity index (χ4n) is 2.39. The van der Waals surface area contributed by atoms with E-state index < -0.39 is 52.9 Å². The zero-order valence-corrected chi connectivity index (χ0v) is 18.0. The molecule has 0 aliphatic heterocycles. The molecule has 1 rings (SSSR count). The quantitative estimate of drug-likeness (QED) is 0.543. The van der Waals surface area contributed by atoms with Gasteiger partial charge in [-0.1, -0.05) is 23.7 Å². The summed E-state index contributed by atoms with van der Waals surface area (Å²) < 4.78 is 48.9. The first kappa shape index (κ1) is 25.5. The SMILES string of the molecule is COC(=O)C(=O)N(Cc1cccc(C(F)(F)F)c1Cl)C(C)CNC(=O)OC(C)(C)C. The summed E-state index contributed by atoms with van der Waals surface area (Å²) in [7, 11) is 0.999. The standard InChI is InChI=1S/C19H24ClF3N2O5/c1-11(9-24-17(28)30-18(2,3)4)25(15(26)16(27)29-5)10-12-7-6-8-13(14(12)20)19(21,22)23/h6-8,11H,9-10H2,1-5H3,(H,24,28). The number of esters is 1. The van der Waals surface area contributed by atoms with Gasteiger partial charge in [0.1, 0.15) is 5.60 Å². The number of carbonyl (C=O) groups excluding carboxylic acids is 3. The summed E-state index contributed by atoms with van der Waals surface area (Å²) in [5.74, 6) is -2.30. The Morgan fingerprint density at radius 1 is 1.20 bits per heavy atom. The van der Waals surface area contributed by atoms with Crippen molar-refractivity contribution in [3.05, 3.63) is 34.3 Å². The van der Waals surface area contributed by atoms with Gasteiger partial charge in [0.15, 0.2) is 0 Å². The summed E-state index contributed by atoms with van der Waals surface area (Å²) in [4.78, 5) is 37.0. The van der Waals surface area contributed by atoms with Crippen molar-refractivity contribution < 1.29 is 37.0 Å². The predicted octanol–water partition coefficient (Wildman–Crippen LogP) is 3.77. The molecule has 168 valence electrons. The van der Waals surface area contributed by atoms with E-state index in [0.717, 1.165) is 24.1 Å². The molecule has 0 radical (unpaired) electrons. The third kappa shape index (κ3) is 7.40. The third-order valence-electron chi connectivity index (χ3n) is 3.82. The van der Waals surface area contributed by atoms with Crippen LogP contribution in [0, 0.1) is 0 Å². The second kappa shape index (κ2) is 10.0. The molecule has 1 N–H and O–H groups in total. The number of nitrogens with zero attached hydrogens (tertiary/aromatic N) is 1. The highest BCUT2D eigenvalue weighted by Crippen LogP contribution is 2.36. The number of alkyl carbamates (subject to hydrolysis) is 1. The number of benzene rings is 1. The molecular weight excluding hydrogens is 429 g/mol. The molecule has 1 aromatic rings. The van der Waals surface area contributed by atoms with Crippen molar-refractivity contribution in [3.63, 3.8) is 0 Å². The summed E-state index contributed by atoms with van der Waals surface area (Å²) in [6.07, 6.45) is -5.44. The summed E-state index contributed by atoms with van der Waals surface area (Å²) in [5, 5.41) is 1.86. The van der Waals surface area contributed by atoms with E-state index in [4.69, 9.17) is 16.3 Å². The molecule has 7 nitrogen and oxygen atoms in total. The lowest BCUT2D eigenvalue weighted by atomic mass is 10.1. The first-order valence-electron chi connectivity index (χ1n) is 8.87. The van der Waals surface area contributed by atoms with Crippen LogP contribution >= 0.6 is 11.6 Å². The van der Waals surface area contributed by atoms with Gasteiger partial charge >= 0.3 is 24.1 Å². The number of rotatable bonds is 5. The van der Waals surface area contributed by atoms with Crippen LogP contribution in [0.15, 0.2) is 18.2 Å². The molecule has 0 heterocycles. The maximum absolute atomic E-state index is 13.1. The third-order valence-corrected chi connectivity index (χ3v) is 4.26. The minimum absolute atomic E-state index is 0.0205. The normalized spacial score (nSPS) is 12.7. The van der Waals surface area contributed by atoms with Crippen LogP contribution in [0.2, 0.25) is 5.02 Å². The van der Waals surface area contributed by atoms with Crippen molar-refractivity contribution in [2.45, 2.75) is 52.1 Å². The Bertz CT molecular complexity index is 793. The van der Waals surface area contributed by atoms with Crippen molar-refractivity contribution in [3.8, 4) is 0 Å². The molecule has 0 aromatic heterocycles. The smallest absolute Gasteiger partial charge is 0.417 e. The summed E-state index contributed by atoms with van der Waals surface area (Å²) in [5.41, 5.74) is -1.83. The molecule has 0 bridgehead atoms. The highest BCUT2D eigenvalue weighted by atomic mass is 35.5. The second-order valence-corrected chi connectivity index (χ2v) is 7.81. The van der Waals surface area contributed by atoms with Gasteiger partial charge in [-0.05, 0) is 39.3 Å². The lowest BCUT2D eigenvalue weighted by molar-refractivity contribution is -0.159. The van der Waals surface area contributed by atoms with Crippen molar-refractivity contribution in [2.24, 2.45) is 0 Å². The van der Waals surface area contributed by atoms with Crippen LogP contribution in [0.1, 0.15) is 38.8 Å². The van der Waals surface area contributed by atoms with E-state index in [0.29, 0.717) is 0 Å². The molecule has 1 unspecified atom stereocenters. The first-order valence-corrected chi connectivity index (χ1v) is 9.25. The number of amides is 2. The van der Waals surface area contributed by atoms with Gasteiger partial charge in [0, 0.05) is 19.1 Å². The first-order chi connectivity index (χ1) is 13.7. The molecular formula is C19H24ClF3N2O5. The lowest BCUT2D eigenvalue weighted by Gasteiger charge is -2.29. The Morgan fingerprint density at radius 2 is 1.80 bits per heavy atom. The maximum atomic E-state index is 13.1. The van der Waals surface area contributed by atoms with E-state index in [1.807, 2.05) is 0 Å². The van der Waals surface area contributed by atoms with E-state index >= 15 is 0 Å². The Balaban J connectivity index is 3.10. The van der Waals surface area contributed by atoms with Gasteiger partial charge in [0.05, 0.1) is 17.7 Å². The number of methoxy groups -OCH3 is 1. The van der Waals surface area contributed by atoms with Crippen LogP contribution in [-0.2, 0) is 31.8 Å². The number of halogens is 4. The molecule has 1 aromatic carbocycles. The number of nitrogens with one attached hydrogen (secondary N) is 1. The number of hydrogen-bond donors (Lipinski definition) is 1. The van der Waals surface area contributed by atoms with Gasteiger partial charge in [-0.2, -0.15) is 13.2 Å². The number of ether oxygens (including phenoxy) is 2. The topological polar surface area (TPSA) is 84.9 Å². The largest absolute Gasteiger partial charge is 0.462 e. The highest BCUT2D eigenvalue weighted by molar-refractivity contribution is 6.33. The number of carbonyl (C=O) groups is 3. The highest BCUT2D eigenvalue weighted by Gasteiger charge is 2.35. The minimum Gasteiger partial charge on any atom is -0.462 e. The van der Waals surface area contributed by atoms with Crippen LogP contribution in [-0.4, -0.2) is 48.2 Å². The molecule has 0 aliphatic rings. The van der Waals surface area contributed by atoms with E-state index in [1.165, 1.54) is 13.0 Å². The van der Waals surface area contributed by atoms with Crippen molar-refractivity contribution in [2.75, 3.05) is 13.7 Å². The molecule has 0 saturated heterocycles. The van der Waals surface area contributed by atoms with Crippen LogP contribution in [0.3, 0.4) is 0 Å². The molecule has 2 amide bonds. The van der Waals surface area contributed by atoms with Gasteiger partial charge in [0.2, 0.25) is 0 Å². The minimum atomic E-state index is -4.69.